The van der Waals surface area contributed by atoms with Crippen molar-refractivity contribution in [2.75, 3.05) is 6.54 Å². The van der Waals surface area contributed by atoms with E-state index in [1.165, 1.54) is 10.4 Å². The van der Waals surface area contributed by atoms with Gasteiger partial charge in [-0.25, -0.2) is 0 Å². The van der Waals surface area contributed by atoms with E-state index in [1.54, 1.807) is 23.9 Å². The second-order valence-electron chi connectivity index (χ2n) is 6.13. The molecule has 2 aromatic heterocycles. The van der Waals surface area contributed by atoms with Gasteiger partial charge in [-0.2, -0.15) is 0 Å². The van der Waals surface area contributed by atoms with Crippen molar-refractivity contribution in [2.24, 2.45) is 0 Å². The standard InChI is InChI=1S/C21H23NO2S/c1-2-4-17-6-8-19(9-7-17)21(23)22(15-18-11-13-24-16-18)12-10-20-5-3-14-25-20/h3,5-9,11,13-14,16H,2,4,10,12,15H2,1H3. The summed E-state index contributed by atoms with van der Waals surface area (Å²) in [5.41, 5.74) is 3.04. The van der Waals surface area contributed by atoms with Gasteiger partial charge in [0.25, 0.3) is 5.91 Å². The third-order valence-electron chi connectivity index (χ3n) is 4.19. The first kappa shape index (κ1) is 17.5. The lowest BCUT2D eigenvalue weighted by molar-refractivity contribution is 0.0745. The minimum absolute atomic E-state index is 0.0702. The zero-order chi connectivity index (χ0) is 17.5. The molecule has 1 aromatic carbocycles. The Morgan fingerprint density at radius 3 is 2.56 bits per heavy atom. The number of amides is 1. The molecule has 0 bridgehead atoms. The maximum absolute atomic E-state index is 13.0. The molecule has 1 amide bonds. The van der Waals surface area contributed by atoms with Gasteiger partial charge >= 0.3 is 0 Å². The van der Waals surface area contributed by atoms with E-state index in [1.807, 2.05) is 23.1 Å². The van der Waals surface area contributed by atoms with Gasteiger partial charge in [-0.15, -0.1) is 11.3 Å². The Balaban J connectivity index is 1.73. The number of benzene rings is 1. The summed E-state index contributed by atoms with van der Waals surface area (Å²) >= 11 is 1.73. The van der Waals surface area contributed by atoms with E-state index < -0.39 is 0 Å². The second-order valence-corrected chi connectivity index (χ2v) is 7.17. The third-order valence-corrected chi connectivity index (χ3v) is 5.12. The Morgan fingerprint density at radius 2 is 1.92 bits per heavy atom. The van der Waals surface area contributed by atoms with Crippen molar-refractivity contribution < 1.29 is 9.21 Å². The normalized spacial score (nSPS) is 10.8. The van der Waals surface area contributed by atoms with Gasteiger partial charge in [-0.3, -0.25) is 4.79 Å². The van der Waals surface area contributed by atoms with Gasteiger partial charge in [-0.1, -0.05) is 31.5 Å². The molecular weight excluding hydrogens is 330 g/mol. The molecule has 0 fully saturated rings. The molecule has 0 unspecified atom stereocenters. The number of rotatable bonds is 8. The summed E-state index contributed by atoms with van der Waals surface area (Å²) in [4.78, 5) is 16.2. The van der Waals surface area contributed by atoms with E-state index >= 15 is 0 Å². The second kappa shape index (κ2) is 8.67. The first-order valence-electron chi connectivity index (χ1n) is 8.68. The van der Waals surface area contributed by atoms with Crippen molar-refractivity contribution >= 4 is 17.2 Å². The van der Waals surface area contributed by atoms with E-state index in [4.69, 9.17) is 4.42 Å². The van der Waals surface area contributed by atoms with Crippen LogP contribution in [0.15, 0.2) is 64.8 Å². The lowest BCUT2D eigenvalue weighted by atomic mass is 10.1. The van der Waals surface area contributed by atoms with Crippen LogP contribution in [0.2, 0.25) is 0 Å². The minimum Gasteiger partial charge on any atom is -0.472 e. The summed E-state index contributed by atoms with van der Waals surface area (Å²) in [6, 6.07) is 14.1. The lowest BCUT2D eigenvalue weighted by Gasteiger charge is -2.22. The average molecular weight is 353 g/mol. The lowest BCUT2D eigenvalue weighted by Crippen LogP contribution is -2.32. The van der Waals surface area contributed by atoms with Gasteiger partial charge in [0.15, 0.2) is 0 Å². The van der Waals surface area contributed by atoms with E-state index in [0.717, 1.165) is 30.4 Å². The summed E-state index contributed by atoms with van der Waals surface area (Å²) in [7, 11) is 0. The predicted octanol–water partition coefficient (Wildman–Crippen LogP) is 5.18. The molecule has 25 heavy (non-hydrogen) atoms. The van der Waals surface area contributed by atoms with Crippen LogP contribution < -0.4 is 0 Å². The minimum atomic E-state index is 0.0702. The molecule has 0 aliphatic rings. The largest absolute Gasteiger partial charge is 0.472 e. The first-order valence-corrected chi connectivity index (χ1v) is 9.56. The Hall–Kier alpha value is -2.33. The van der Waals surface area contributed by atoms with Gasteiger partial charge in [0.2, 0.25) is 0 Å². The highest BCUT2D eigenvalue weighted by Gasteiger charge is 2.17. The molecule has 0 N–H and O–H groups in total. The smallest absolute Gasteiger partial charge is 0.254 e. The summed E-state index contributed by atoms with van der Waals surface area (Å²) < 4.78 is 5.16. The molecule has 3 rings (SSSR count). The molecule has 3 aromatic rings. The van der Waals surface area contributed by atoms with Crippen LogP contribution in [0.4, 0.5) is 0 Å². The predicted molar refractivity (Wildman–Crippen MR) is 102 cm³/mol. The molecule has 0 aliphatic heterocycles. The van der Waals surface area contributed by atoms with Gasteiger partial charge in [0.05, 0.1) is 12.5 Å². The van der Waals surface area contributed by atoms with Crippen LogP contribution in [0.25, 0.3) is 0 Å². The van der Waals surface area contributed by atoms with Crippen molar-refractivity contribution in [3.05, 3.63) is 81.9 Å². The van der Waals surface area contributed by atoms with Crippen LogP contribution in [0, 0.1) is 0 Å². The van der Waals surface area contributed by atoms with E-state index in [9.17, 15) is 4.79 Å². The SMILES string of the molecule is CCCc1ccc(C(=O)N(CCc2cccs2)Cc2ccoc2)cc1. The topological polar surface area (TPSA) is 33.5 Å². The molecule has 4 heteroatoms. The summed E-state index contributed by atoms with van der Waals surface area (Å²) in [6.07, 6.45) is 6.38. The van der Waals surface area contributed by atoms with Crippen LogP contribution in [0.5, 0.6) is 0 Å². The fraction of sp³-hybridized carbons (Fsp3) is 0.286. The third kappa shape index (κ3) is 4.83. The van der Waals surface area contributed by atoms with Crippen LogP contribution in [-0.2, 0) is 19.4 Å². The molecule has 0 saturated carbocycles. The van der Waals surface area contributed by atoms with Gasteiger partial charge in [0, 0.05) is 29.1 Å². The molecule has 130 valence electrons. The fourth-order valence-electron chi connectivity index (χ4n) is 2.84. The Bertz CT molecular complexity index is 761. The number of carbonyl (C=O) groups is 1. The van der Waals surface area contributed by atoms with Crippen molar-refractivity contribution in [1.29, 1.82) is 0 Å². The number of thiophene rings is 1. The van der Waals surface area contributed by atoms with Crippen LogP contribution in [-0.4, -0.2) is 17.4 Å². The zero-order valence-electron chi connectivity index (χ0n) is 14.5. The monoisotopic (exact) mass is 353 g/mol. The van der Waals surface area contributed by atoms with Gasteiger partial charge in [0.1, 0.15) is 0 Å². The molecule has 0 radical (unpaired) electrons. The molecule has 0 spiro atoms. The van der Waals surface area contributed by atoms with Crippen molar-refractivity contribution in [2.45, 2.75) is 32.7 Å². The highest BCUT2D eigenvalue weighted by molar-refractivity contribution is 7.09. The molecule has 0 saturated heterocycles. The summed E-state index contributed by atoms with van der Waals surface area (Å²) in [5, 5.41) is 2.07. The first-order chi connectivity index (χ1) is 12.3. The fourth-order valence-corrected chi connectivity index (χ4v) is 3.54. The number of nitrogens with zero attached hydrogens (tertiary/aromatic N) is 1. The Labute approximate surface area is 152 Å². The van der Waals surface area contributed by atoms with Crippen molar-refractivity contribution in [3.63, 3.8) is 0 Å². The summed E-state index contributed by atoms with van der Waals surface area (Å²) in [5.74, 6) is 0.0702. The van der Waals surface area contributed by atoms with Gasteiger partial charge < -0.3 is 9.32 Å². The average Bonchev–Trinajstić information content (AvgIpc) is 3.33. The van der Waals surface area contributed by atoms with Crippen LogP contribution >= 0.6 is 11.3 Å². The van der Waals surface area contributed by atoms with E-state index in [-0.39, 0.29) is 5.91 Å². The Morgan fingerprint density at radius 1 is 1.08 bits per heavy atom. The number of hydrogen-bond donors (Lipinski definition) is 0. The molecule has 3 nitrogen and oxygen atoms in total. The maximum Gasteiger partial charge on any atom is 0.254 e. The Kier molecular flexibility index (Phi) is 6.07. The number of carbonyl (C=O) groups excluding carboxylic acids is 1. The summed E-state index contributed by atoms with van der Waals surface area (Å²) in [6.45, 7) is 3.43. The van der Waals surface area contributed by atoms with Crippen molar-refractivity contribution in [3.8, 4) is 0 Å². The number of hydrogen-bond acceptors (Lipinski definition) is 3. The molecule has 0 aliphatic carbocycles. The molecule has 0 atom stereocenters. The maximum atomic E-state index is 13.0. The molecule has 2 heterocycles. The highest BCUT2D eigenvalue weighted by atomic mass is 32.1. The van der Waals surface area contributed by atoms with E-state index in [0.29, 0.717) is 13.1 Å². The number of furan rings is 1. The number of aryl methyl sites for hydroxylation is 1. The van der Waals surface area contributed by atoms with Gasteiger partial charge in [-0.05, 0) is 48.1 Å². The van der Waals surface area contributed by atoms with Crippen LogP contribution in [0.1, 0.15) is 39.7 Å². The zero-order valence-corrected chi connectivity index (χ0v) is 15.3. The highest BCUT2D eigenvalue weighted by Crippen LogP contribution is 2.15. The quantitative estimate of drug-likeness (QED) is 0.559. The van der Waals surface area contributed by atoms with Crippen molar-refractivity contribution in [1.82, 2.24) is 4.90 Å². The van der Waals surface area contributed by atoms with E-state index in [2.05, 4.69) is 36.6 Å². The molecular formula is C21H23NO2S. The van der Waals surface area contributed by atoms with Crippen LogP contribution in [0.3, 0.4) is 0 Å².